The highest BCUT2D eigenvalue weighted by molar-refractivity contribution is 7.07. The number of benzene rings is 2. The molecule has 0 bridgehead atoms. The minimum absolute atomic E-state index is 0.169. The summed E-state index contributed by atoms with van der Waals surface area (Å²) in [6, 6.07) is 16.9. The molecule has 5 nitrogen and oxygen atoms in total. The molecule has 1 aliphatic heterocycles. The lowest BCUT2D eigenvalue weighted by Crippen LogP contribution is -2.39. The SMILES string of the molecule is COC(=O)C1=C(C)N=c2s/c(=C\c3ccc(C)cc3)c(=O)n2[C@H]1c1ccccc1. The van der Waals surface area contributed by atoms with Crippen molar-refractivity contribution >= 4 is 23.4 Å². The topological polar surface area (TPSA) is 60.7 Å². The van der Waals surface area contributed by atoms with Gasteiger partial charge in [-0.25, -0.2) is 9.79 Å². The van der Waals surface area contributed by atoms with Crippen LogP contribution in [0.4, 0.5) is 0 Å². The van der Waals surface area contributed by atoms with Gasteiger partial charge in [-0.05, 0) is 31.1 Å². The maximum Gasteiger partial charge on any atom is 0.338 e. The fourth-order valence-corrected chi connectivity index (χ4v) is 4.50. The van der Waals surface area contributed by atoms with Gasteiger partial charge in [0.05, 0.1) is 29.0 Å². The summed E-state index contributed by atoms with van der Waals surface area (Å²) in [7, 11) is 1.34. The molecular weight excluding hydrogens is 384 g/mol. The lowest BCUT2D eigenvalue weighted by molar-refractivity contribution is -0.136. The van der Waals surface area contributed by atoms with Crippen molar-refractivity contribution in [1.82, 2.24) is 4.57 Å². The average Bonchev–Trinajstić information content (AvgIpc) is 3.03. The van der Waals surface area contributed by atoms with Gasteiger partial charge in [0.15, 0.2) is 4.80 Å². The Morgan fingerprint density at radius 2 is 1.79 bits per heavy atom. The van der Waals surface area contributed by atoms with Crippen LogP contribution >= 0.6 is 11.3 Å². The van der Waals surface area contributed by atoms with Gasteiger partial charge >= 0.3 is 5.97 Å². The Morgan fingerprint density at radius 3 is 2.45 bits per heavy atom. The molecule has 2 heterocycles. The highest BCUT2D eigenvalue weighted by Crippen LogP contribution is 2.30. The largest absolute Gasteiger partial charge is 0.466 e. The van der Waals surface area contributed by atoms with Crippen LogP contribution in [0, 0.1) is 6.92 Å². The normalized spacial score (nSPS) is 16.4. The average molecular weight is 404 g/mol. The van der Waals surface area contributed by atoms with Crippen LogP contribution in [0.3, 0.4) is 0 Å². The summed E-state index contributed by atoms with van der Waals surface area (Å²) >= 11 is 1.33. The smallest absolute Gasteiger partial charge is 0.338 e. The Bertz CT molecular complexity index is 1280. The Morgan fingerprint density at radius 1 is 1.10 bits per heavy atom. The number of esters is 1. The molecular formula is C23H20N2O3S. The molecule has 0 unspecified atom stereocenters. The number of hydrogen-bond acceptors (Lipinski definition) is 5. The van der Waals surface area contributed by atoms with Crippen LogP contribution in [0.5, 0.6) is 0 Å². The zero-order valence-corrected chi connectivity index (χ0v) is 17.2. The Kier molecular flexibility index (Phi) is 5.03. The van der Waals surface area contributed by atoms with Gasteiger partial charge < -0.3 is 4.74 Å². The third-order valence-corrected chi connectivity index (χ3v) is 5.90. The number of allylic oxidation sites excluding steroid dienone is 1. The monoisotopic (exact) mass is 404 g/mol. The summed E-state index contributed by atoms with van der Waals surface area (Å²) in [5.74, 6) is -0.479. The molecule has 2 aromatic carbocycles. The summed E-state index contributed by atoms with van der Waals surface area (Å²) in [4.78, 5) is 31.0. The van der Waals surface area contributed by atoms with Crippen molar-refractivity contribution < 1.29 is 9.53 Å². The maximum atomic E-state index is 13.3. The molecule has 1 atom stereocenters. The number of aryl methyl sites for hydroxylation is 1. The van der Waals surface area contributed by atoms with Gasteiger partial charge in [-0.2, -0.15) is 0 Å². The van der Waals surface area contributed by atoms with E-state index in [0.29, 0.717) is 20.6 Å². The molecule has 0 saturated carbocycles. The van der Waals surface area contributed by atoms with Crippen molar-refractivity contribution in [2.45, 2.75) is 19.9 Å². The van der Waals surface area contributed by atoms with Gasteiger partial charge in [0.1, 0.15) is 0 Å². The van der Waals surface area contributed by atoms with Crippen molar-refractivity contribution in [3.05, 3.63) is 102 Å². The second-order valence-electron chi connectivity index (χ2n) is 6.89. The zero-order chi connectivity index (χ0) is 20.5. The Labute approximate surface area is 171 Å². The van der Waals surface area contributed by atoms with Crippen molar-refractivity contribution in [2.24, 2.45) is 4.99 Å². The summed E-state index contributed by atoms with van der Waals surface area (Å²) in [6.45, 7) is 3.80. The predicted molar refractivity (Wildman–Crippen MR) is 113 cm³/mol. The first-order valence-electron chi connectivity index (χ1n) is 9.22. The molecule has 29 heavy (non-hydrogen) atoms. The van der Waals surface area contributed by atoms with E-state index in [0.717, 1.165) is 16.7 Å². The zero-order valence-electron chi connectivity index (χ0n) is 16.4. The molecule has 1 aliphatic rings. The molecule has 1 aromatic heterocycles. The van der Waals surface area contributed by atoms with E-state index in [2.05, 4.69) is 4.99 Å². The number of aromatic nitrogens is 1. The molecule has 0 fully saturated rings. The molecule has 0 saturated heterocycles. The van der Waals surface area contributed by atoms with E-state index in [1.807, 2.05) is 67.6 Å². The number of thiazole rings is 1. The van der Waals surface area contributed by atoms with Crippen LogP contribution in [0.15, 0.2) is 75.7 Å². The first-order valence-corrected chi connectivity index (χ1v) is 10.0. The summed E-state index contributed by atoms with van der Waals surface area (Å²) in [5, 5.41) is 0. The van der Waals surface area contributed by atoms with Crippen LogP contribution < -0.4 is 14.9 Å². The predicted octanol–water partition coefficient (Wildman–Crippen LogP) is 2.72. The molecule has 0 aliphatic carbocycles. The number of carbonyl (C=O) groups excluding carboxylic acids is 1. The summed E-state index contributed by atoms with van der Waals surface area (Å²) in [6.07, 6.45) is 1.86. The molecule has 0 amide bonds. The number of ether oxygens (including phenoxy) is 1. The number of rotatable bonds is 3. The number of nitrogens with zero attached hydrogens (tertiary/aromatic N) is 2. The summed E-state index contributed by atoms with van der Waals surface area (Å²) < 4.78 is 7.18. The van der Waals surface area contributed by atoms with Crippen LogP contribution in [0.2, 0.25) is 0 Å². The van der Waals surface area contributed by atoms with Crippen molar-refractivity contribution in [2.75, 3.05) is 7.11 Å². The molecule has 0 radical (unpaired) electrons. The van der Waals surface area contributed by atoms with E-state index in [4.69, 9.17) is 4.74 Å². The van der Waals surface area contributed by atoms with E-state index in [-0.39, 0.29) is 5.56 Å². The highest BCUT2D eigenvalue weighted by atomic mass is 32.1. The molecule has 146 valence electrons. The second-order valence-corrected chi connectivity index (χ2v) is 7.90. The fraction of sp³-hybridized carbons (Fsp3) is 0.174. The van der Waals surface area contributed by atoms with E-state index in [1.54, 1.807) is 11.5 Å². The molecule has 6 heteroatoms. The van der Waals surface area contributed by atoms with Gasteiger partial charge in [0.2, 0.25) is 0 Å². The third kappa shape index (κ3) is 3.47. The Balaban J connectivity index is 1.97. The summed E-state index contributed by atoms with van der Waals surface area (Å²) in [5.41, 5.74) is 3.72. The molecule has 3 aromatic rings. The minimum Gasteiger partial charge on any atom is -0.466 e. The van der Waals surface area contributed by atoms with E-state index >= 15 is 0 Å². The van der Waals surface area contributed by atoms with Crippen LogP contribution in [-0.2, 0) is 9.53 Å². The number of methoxy groups -OCH3 is 1. The first kappa shape index (κ1) is 19.1. The highest BCUT2D eigenvalue weighted by Gasteiger charge is 2.32. The number of carbonyl (C=O) groups is 1. The third-order valence-electron chi connectivity index (χ3n) is 4.92. The van der Waals surface area contributed by atoms with E-state index in [9.17, 15) is 9.59 Å². The van der Waals surface area contributed by atoms with Gasteiger partial charge in [0, 0.05) is 0 Å². The quantitative estimate of drug-likeness (QED) is 0.631. The maximum absolute atomic E-state index is 13.3. The molecule has 4 rings (SSSR count). The molecule has 0 N–H and O–H groups in total. The first-order chi connectivity index (χ1) is 14.0. The lowest BCUT2D eigenvalue weighted by atomic mass is 9.96. The van der Waals surface area contributed by atoms with Gasteiger partial charge in [-0.3, -0.25) is 9.36 Å². The van der Waals surface area contributed by atoms with Crippen molar-refractivity contribution in [3.8, 4) is 0 Å². The fourth-order valence-electron chi connectivity index (χ4n) is 3.46. The van der Waals surface area contributed by atoms with Gasteiger partial charge in [-0.15, -0.1) is 0 Å². The van der Waals surface area contributed by atoms with Crippen molar-refractivity contribution in [1.29, 1.82) is 0 Å². The molecule has 0 spiro atoms. The second kappa shape index (κ2) is 7.64. The van der Waals surface area contributed by atoms with Crippen LogP contribution in [-0.4, -0.2) is 17.6 Å². The van der Waals surface area contributed by atoms with Gasteiger partial charge in [-0.1, -0.05) is 71.5 Å². The van der Waals surface area contributed by atoms with E-state index < -0.39 is 12.0 Å². The Hall–Kier alpha value is -3.25. The van der Waals surface area contributed by atoms with Crippen LogP contribution in [0.25, 0.3) is 6.08 Å². The van der Waals surface area contributed by atoms with Crippen molar-refractivity contribution in [3.63, 3.8) is 0 Å². The lowest BCUT2D eigenvalue weighted by Gasteiger charge is -2.24. The number of fused-ring (bicyclic) bond motifs is 1. The minimum atomic E-state index is -0.569. The number of hydrogen-bond donors (Lipinski definition) is 0. The standard InChI is InChI=1S/C23H20N2O3S/c1-14-9-11-16(12-10-14)13-18-21(26)25-20(17-7-5-4-6-8-17)19(22(27)28-3)15(2)24-23(25)29-18/h4-13,20H,1-3H3/b18-13-/t20-/m0/s1. The van der Waals surface area contributed by atoms with Crippen LogP contribution in [0.1, 0.15) is 29.7 Å². The van der Waals surface area contributed by atoms with E-state index in [1.165, 1.54) is 18.4 Å². The van der Waals surface area contributed by atoms with Gasteiger partial charge in [0.25, 0.3) is 5.56 Å².